The minimum atomic E-state index is -0.434. The highest BCUT2D eigenvalue weighted by Gasteiger charge is 2.27. The number of anilines is 1. The number of thiazole rings is 1. The molecule has 1 fully saturated rings. The van der Waals surface area contributed by atoms with Gasteiger partial charge in [0.1, 0.15) is 5.82 Å². The fourth-order valence-electron chi connectivity index (χ4n) is 3.71. The van der Waals surface area contributed by atoms with Crippen LogP contribution in [-0.4, -0.2) is 40.7 Å². The van der Waals surface area contributed by atoms with E-state index in [-0.39, 0.29) is 5.15 Å². The predicted octanol–water partition coefficient (Wildman–Crippen LogP) is 4.34. The number of methoxy groups -OCH3 is 1. The molecule has 0 unspecified atom stereocenters. The Hall–Kier alpha value is -2.12. The van der Waals surface area contributed by atoms with Crippen molar-refractivity contribution >= 4 is 45.1 Å². The first kappa shape index (κ1) is 18.3. The van der Waals surface area contributed by atoms with Crippen molar-refractivity contribution in [2.24, 2.45) is 0 Å². The first-order valence-electron chi connectivity index (χ1n) is 9.07. The molecule has 3 heterocycles. The first-order chi connectivity index (χ1) is 13.1. The van der Waals surface area contributed by atoms with Crippen LogP contribution in [0.3, 0.4) is 0 Å². The Labute approximate surface area is 166 Å². The molecule has 0 saturated carbocycles. The zero-order valence-electron chi connectivity index (χ0n) is 15.3. The maximum absolute atomic E-state index is 11.8. The van der Waals surface area contributed by atoms with Gasteiger partial charge in [0.25, 0.3) is 0 Å². The minimum Gasteiger partial charge on any atom is -0.465 e. The number of ether oxygens (including phenoxy) is 1. The van der Waals surface area contributed by atoms with E-state index in [9.17, 15) is 4.79 Å². The average molecular weight is 405 g/mol. The number of para-hydroxylation sites is 2. The Bertz CT molecular complexity index is 975. The second-order valence-electron chi connectivity index (χ2n) is 6.57. The SMILES string of the molecule is CCc1nc2ccccc2n1C1CCN(c2nc(Cl)c(C(=O)OC)s2)CC1. The van der Waals surface area contributed by atoms with E-state index < -0.39 is 5.97 Å². The second-order valence-corrected chi connectivity index (χ2v) is 7.90. The summed E-state index contributed by atoms with van der Waals surface area (Å²) in [6, 6.07) is 8.75. The number of nitrogens with zero attached hydrogens (tertiary/aromatic N) is 4. The lowest BCUT2D eigenvalue weighted by atomic mass is 10.0. The Morgan fingerprint density at radius 3 is 2.74 bits per heavy atom. The van der Waals surface area contributed by atoms with Crippen molar-refractivity contribution in [3.05, 3.63) is 40.1 Å². The predicted molar refractivity (Wildman–Crippen MR) is 108 cm³/mol. The van der Waals surface area contributed by atoms with Gasteiger partial charge in [-0.3, -0.25) is 0 Å². The maximum Gasteiger partial charge on any atom is 0.351 e. The van der Waals surface area contributed by atoms with Crippen LogP contribution in [0.25, 0.3) is 11.0 Å². The number of rotatable bonds is 4. The summed E-state index contributed by atoms with van der Waals surface area (Å²) in [6.07, 6.45) is 2.91. The van der Waals surface area contributed by atoms with Gasteiger partial charge in [0.15, 0.2) is 15.2 Å². The van der Waals surface area contributed by atoms with Gasteiger partial charge in [0, 0.05) is 25.6 Å². The number of fused-ring (bicyclic) bond motifs is 1. The molecule has 4 rings (SSSR count). The summed E-state index contributed by atoms with van der Waals surface area (Å²) < 4.78 is 7.17. The molecule has 8 heteroatoms. The molecule has 1 saturated heterocycles. The molecule has 2 aromatic heterocycles. The van der Waals surface area contributed by atoms with Crippen LogP contribution >= 0.6 is 22.9 Å². The number of carbonyl (C=O) groups excluding carboxylic acids is 1. The van der Waals surface area contributed by atoms with Gasteiger partial charge in [0.05, 0.1) is 18.1 Å². The Balaban J connectivity index is 1.54. The Morgan fingerprint density at radius 1 is 1.30 bits per heavy atom. The van der Waals surface area contributed by atoms with E-state index in [0.717, 1.165) is 48.8 Å². The smallest absolute Gasteiger partial charge is 0.351 e. The standard InChI is InChI=1S/C19H21ClN4O2S/c1-3-15-21-13-6-4-5-7-14(13)24(15)12-8-10-23(11-9-12)19-22-17(20)16(27-19)18(25)26-2/h4-7,12H,3,8-11H2,1-2H3. The lowest BCUT2D eigenvalue weighted by Gasteiger charge is -2.33. The zero-order chi connectivity index (χ0) is 19.0. The number of esters is 1. The summed E-state index contributed by atoms with van der Waals surface area (Å²) in [5, 5.41) is 1.00. The molecule has 0 amide bonds. The van der Waals surface area contributed by atoms with Crippen molar-refractivity contribution < 1.29 is 9.53 Å². The van der Waals surface area contributed by atoms with Crippen molar-refractivity contribution in [3.63, 3.8) is 0 Å². The summed E-state index contributed by atoms with van der Waals surface area (Å²) in [6.45, 7) is 3.88. The number of imidazole rings is 1. The van der Waals surface area contributed by atoms with Gasteiger partial charge in [0.2, 0.25) is 0 Å². The molecule has 142 valence electrons. The van der Waals surface area contributed by atoms with Gasteiger partial charge in [-0.25, -0.2) is 14.8 Å². The van der Waals surface area contributed by atoms with Crippen molar-refractivity contribution in [1.29, 1.82) is 0 Å². The molecule has 0 atom stereocenters. The van der Waals surface area contributed by atoms with Gasteiger partial charge in [-0.05, 0) is 25.0 Å². The van der Waals surface area contributed by atoms with Crippen LogP contribution in [0.15, 0.2) is 24.3 Å². The third-order valence-corrected chi connectivity index (χ3v) is 6.51. The lowest BCUT2D eigenvalue weighted by molar-refractivity contribution is 0.0606. The Morgan fingerprint density at radius 2 is 2.04 bits per heavy atom. The fraction of sp³-hybridized carbons (Fsp3) is 0.421. The first-order valence-corrected chi connectivity index (χ1v) is 10.3. The molecule has 0 radical (unpaired) electrons. The van der Waals surface area contributed by atoms with Gasteiger partial charge in [-0.2, -0.15) is 0 Å². The van der Waals surface area contributed by atoms with E-state index in [1.807, 2.05) is 6.07 Å². The van der Waals surface area contributed by atoms with E-state index in [2.05, 4.69) is 39.6 Å². The van der Waals surface area contributed by atoms with E-state index >= 15 is 0 Å². The van der Waals surface area contributed by atoms with E-state index in [1.165, 1.54) is 24.0 Å². The summed E-state index contributed by atoms with van der Waals surface area (Å²) >= 11 is 7.41. The fourth-order valence-corrected chi connectivity index (χ4v) is 4.96. The third-order valence-electron chi connectivity index (χ3n) is 5.03. The molecule has 1 aliphatic rings. The number of halogens is 1. The van der Waals surface area contributed by atoms with Crippen LogP contribution in [0.5, 0.6) is 0 Å². The average Bonchev–Trinajstić information content (AvgIpc) is 3.28. The van der Waals surface area contributed by atoms with Crippen molar-refractivity contribution in [3.8, 4) is 0 Å². The van der Waals surface area contributed by atoms with Gasteiger partial charge < -0.3 is 14.2 Å². The second kappa shape index (κ2) is 7.48. The van der Waals surface area contributed by atoms with E-state index in [1.54, 1.807) is 0 Å². The number of piperidine rings is 1. The molecular formula is C19H21ClN4O2S. The summed E-state index contributed by atoms with van der Waals surface area (Å²) in [4.78, 5) is 23.5. The van der Waals surface area contributed by atoms with Crippen LogP contribution in [0.1, 0.15) is 41.3 Å². The molecule has 1 aromatic carbocycles. The molecule has 3 aromatic rings. The van der Waals surface area contributed by atoms with E-state index in [4.69, 9.17) is 21.3 Å². The van der Waals surface area contributed by atoms with Crippen molar-refractivity contribution in [2.45, 2.75) is 32.2 Å². The molecule has 0 N–H and O–H groups in total. The monoisotopic (exact) mass is 404 g/mol. The highest BCUT2D eigenvalue weighted by molar-refractivity contribution is 7.18. The topological polar surface area (TPSA) is 60.2 Å². The quantitative estimate of drug-likeness (QED) is 0.605. The lowest BCUT2D eigenvalue weighted by Crippen LogP contribution is -2.35. The van der Waals surface area contributed by atoms with Crippen LogP contribution < -0.4 is 4.90 Å². The minimum absolute atomic E-state index is 0.220. The maximum atomic E-state index is 11.8. The molecule has 0 bridgehead atoms. The van der Waals surface area contributed by atoms with E-state index in [0.29, 0.717) is 10.9 Å². The number of aryl methyl sites for hydroxylation is 1. The Kier molecular flexibility index (Phi) is 5.06. The van der Waals surface area contributed by atoms with Crippen molar-refractivity contribution in [1.82, 2.24) is 14.5 Å². The highest BCUT2D eigenvalue weighted by atomic mass is 35.5. The molecule has 0 aliphatic carbocycles. The number of carbonyl (C=O) groups is 1. The molecule has 27 heavy (non-hydrogen) atoms. The molecule has 1 aliphatic heterocycles. The number of aromatic nitrogens is 3. The summed E-state index contributed by atoms with van der Waals surface area (Å²) in [7, 11) is 1.35. The molecule has 0 spiro atoms. The molecule has 6 nitrogen and oxygen atoms in total. The van der Waals surface area contributed by atoms with Gasteiger partial charge in [-0.15, -0.1) is 0 Å². The van der Waals surface area contributed by atoms with Gasteiger partial charge in [-0.1, -0.05) is 42.0 Å². The summed E-state index contributed by atoms with van der Waals surface area (Å²) in [5.41, 5.74) is 2.27. The van der Waals surface area contributed by atoms with Gasteiger partial charge >= 0.3 is 5.97 Å². The van der Waals surface area contributed by atoms with Crippen LogP contribution in [0.2, 0.25) is 5.15 Å². The van der Waals surface area contributed by atoms with Crippen LogP contribution in [-0.2, 0) is 11.2 Å². The molecular weight excluding hydrogens is 384 g/mol. The third kappa shape index (κ3) is 3.30. The normalized spacial score (nSPS) is 15.4. The number of benzene rings is 1. The number of hydrogen-bond acceptors (Lipinski definition) is 6. The number of hydrogen-bond donors (Lipinski definition) is 0. The highest BCUT2D eigenvalue weighted by Crippen LogP contribution is 2.35. The largest absolute Gasteiger partial charge is 0.465 e. The van der Waals surface area contributed by atoms with Crippen molar-refractivity contribution in [2.75, 3.05) is 25.1 Å². The zero-order valence-corrected chi connectivity index (χ0v) is 16.9. The summed E-state index contributed by atoms with van der Waals surface area (Å²) in [5.74, 6) is 0.705. The van der Waals surface area contributed by atoms with Crippen LogP contribution in [0.4, 0.5) is 5.13 Å². The van der Waals surface area contributed by atoms with Crippen LogP contribution in [0, 0.1) is 0 Å².